The number of ether oxygens (including phenoxy) is 2. The van der Waals surface area contributed by atoms with Crippen LogP contribution < -0.4 is 15.8 Å². The molecule has 3 rings (SSSR count). The Morgan fingerprint density at radius 1 is 1.28 bits per heavy atom. The number of nitrogens with one attached hydrogen (secondary N) is 2. The number of amides is 2. The lowest BCUT2D eigenvalue weighted by atomic mass is 10.1. The average Bonchev–Trinajstić information content (AvgIpc) is 2.72. The van der Waals surface area contributed by atoms with Gasteiger partial charge >= 0.3 is 0 Å². The summed E-state index contributed by atoms with van der Waals surface area (Å²) >= 11 is 5.24. The first-order chi connectivity index (χ1) is 14.0. The summed E-state index contributed by atoms with van der Waals surface area (Å²) in [5.74, 6) is -0.424. The minimum Gasteiger partial charge on any atom is -0.478 e. The van der Waals surface area contributed by atoms with E-state index < -0.39 is 5.91 Å². The molecule has 0 unspecified atom stereocenters. The van der Waals surface area contributed by atoms with Crippen LogP contribution in [-0.4, -0.2) is 54.6 Å². The summed E-state index contributed by atoms with van der Waals surface area (Å²) in [6, 6.07) is 8.63. The monoisotopic (exact) mass is 416 g/mol. The number of primary amides is 1. The van der Waals surface area contributed by atoms with Crippen molar-refractivity contribution < 1.29 is 19.1 Å². The molecule has 1 aliphatic rings. The Hall–Kier alpha value is -2.91. The molecule has 1 fully saturated rings. The third kappa shape index (κ3) is 5.12. The minimum atomic E-state index is -0.635. The Balaban J connectivity index is 1.82. The molecule has 1 saturated heterocycles. The molecule has 0 bridgehead atoms. The summed E-state index contributed by atoms with van der Waals surface area (Å²) in [7, 11) is 0. The molecule has 2 amide bonds. The quantitative estimate of drug-likeness (QED) is 0.599. The molecule has 4 N–H and O–H groups in total. The van der Waals surface area contributed by atoms with Gasteiger partial charge in [0, 0.05) is 24.3 Å². The van der Waals surface area contributed by atoms with Crippen LogP contribution in [0, 0.1) is 4.64 Å². The zero-order chi connectivity index (χ0) is 20.8. The number of nitrogens with zero attached hydrogens (tertiary/aromatic N) is 1. The molecule has 1 aliphatic heterocycles. The number of nitrogens with two attached hydrogens (primary N) is 1. The van der Waals surface area contributed by atoms with Crippen LogP contribution in [0.25, 0.3) is 0 Å². The Morgan fingerprint density at radius 2 is 1.97 bits per heavy atom. The molecule has 9 heteroatoms. The number of H-pyrrole nitrogens is 1. The van der Waals surface area contributed by atoms with Gasteiger partial charge in [-0.05, 0) is 36.8 Å². The molecular formula is C20H24N4O4S. The van der Waals surface area contributed by atoms with Crippen LogP contribution in [0.1, 0.15) is 34.1 Å². The van der Waals surface area contributed by atoms with Crippen molar-refractivity contribution in [2.24, 2.45) is 5.73 Å². The topological polar surface area (TPSA) is 110 Å². The molecule has 2 heterocycles. The maximum atomic E-state index is 12.6. The highest BCUT2D eigenvalue weighted by molar-refractivity contribution is 7.71. The zero-order valence-electron chi connectivity index (χ0n) is 16.2. The van der Waals surface area contributed by atoms with Crippen LogP contribution >= 0.6 is 12.2 Å². The number of hydrogen-bond acceptors (Lipinski definition) is 6. The fourth-order valence-corrected chi connectivity index (χ4v) is 3.20. The second-order valence-corrected chi connectivity index (χ2v) is 7.01. The summed E-state index contributed by atoms with van der Waals surface area (Å²) in [5.41, 5.74) is 7.48. The van der Waals surface area contributed by atoms with Crippen molar-refractivity contribution in [1.29, 1.82) is 0 Å². The largest absolute Gasteiger partial charge is 0.478 e. The van der Waals surface area contributed by atoms with Crippen LogP contribution in [0.2, 0.25) is 0 Å². The van der Waals surface area contributed by atoms with Crippen LogP contribution in [0.15, 0.2) is 30.3 Å². The molecule has 29 heavy (non-hydrogen) atoms. The van der Waals surface area contributed by atoms with E-state index in [1.807, 2.05) is 6.92 Å². The van der Waals surface area contributed by atoms with Gasteiger partial charge in [-0.1, -0.05) is 19.1 Å². The third-order valence-electron chi connectivity index (χ3n) is 4.41. The van der Waals surface area contributed by atoms with E-state index in [1.165, 1.54) is 0 Å². The molecule has 0 atom stereocenters. The second kappa shape index (κ2) is 9.53. The summed E-state index contributed by atoms with van der Waals surface area (Å²) < 4.78 is 11.3. The van der Waals surface area contributed by atoms with E-state index in [2.05, 4.69) is 10.3 Å². The van der Waals surface area contributed by atoms with Gasteiger partial charge in [-0.25, -0.2) is 0 Å². The first-order valence-electron chi connectivity index (χ1n) is 9.43. The normalized spacial score (nSPS) is 13.8. The number of carbonyl (C=O) groups excluding carboxylic acids is 2. The van der Waals surface area contributed by atoms with Crippen molar-refractivity contribution >= 4 is 35.4 Å². The molecule has 8 nitrogen and oxygen atoms in total. The highest BCUT2D eigenvalue weighted by Crippen LogP contribution is 2.28. The van der Waals surface area contributed by atoms with Crippen molar-refractivity contribution in [3.05, 3.63) is 46.1 Å². The predicted molar refractivity (Wildman–Crippen MR) is 112 cm³/mol. The predicted octanol–water partition coefficient (Wildman–Crippen LogP) is 2.85. The summed E-state index contributed by atoms with van der Waals surface area (Å²) in [6.45, 7) is 4.66. The number of morpholine rings is 1. The lowest BCUT2D eigenvalue weighted by Crippen LogP contribution is -2.40. The van der Waals surface area contributed by atoms with Crippen LogP contribution in [0.5, 0.6) is 5.88 Å². The molecule has 154 valence electrons. The summed E-state index contributed by atoms with van der Waals surface area (Å²) in [4.78, 5) is 29.2. The SMILES string of the molecule is CCCOc1[nH]c(=S)cc(Nc2ccc(C(=O)N3CCOCC3)cc2)c1C(N)=O. The molecule has 0 aliphatic carbocycles. The van der Waals surface area contributed by atoms with Crippen molar-refractivity contribution in [3.63, 3.8) is 0 Å². The van der Waals surface area contributed by atoms with Gasteiger partial charge in [-0.3, -0.25) is 9.59 Å². The standard InChI is InChI=1S/C20H24N4O4S/c1-2-9-28-19-17(18(21)25)15(12-16(29)23-19)22-14-5-3-13(4-6-14)20(26)24-7-10-27-11-8-24/h3-6,12H,2,7-11H2,1H3,(H2,21,25)(H2,22,23,29). The Kier molecular flexibility index (Phi) is 6.84. The lowest BCUT2D eigenvalue weighted by molar-refractivity contribution is 0.0303. The number of hydrogen-bond donors (Lipinski definition) is 3. The lowest BCUT2D eigenvalue weighted by Gasteiger charge is -2.26. The van der Waals surface area contributed by atoms with Crippen LogP contribution in [-0.2, 0) is 4.74 Å². The van der Waals surface area contributed by atoms with Gasteiger partial charge in [-0.2, -0.15) is 0 Å². The van der Waals surface area contributed by atoms with Crippen molar-refractivity contribution in [2.75, 3.05) is 38.2 Å². The number of rotatable bonds is 7. The Morgan fingerprint density at radius 3 is 2.59 bits per heavy atom. The van der Waals surface area contributed by atoms with E-state index in [0.717, 1.165) is 6.42 Å². The number of anilines is 2. The van der Waals surface area contributed by atoms with Crippen molar-refractivity contribution in [1.82, 2.24) is 9.88 Å². The number of pyridine rings is 1. The maximum Gasteiger partial charge on any atom is 0.256 e. The number of aromatic nitrogens is 1. The minimum absolute atomic E-state index is 0.0323. The molecule has 0 radical (unpaired) electrons. The second-order valence-electron chi connectivity index (χ2n) is 6.57. The first-order valence-corrected chi connectivity index (χ1v) is 9.84. The molecule has 1 aromatic carbocycles. The van der Waals surface area contributed by atoms with Crippen LogP contribution in [0.4, 0.5) is 11.4 Å². The smallest absolute Gasteiger partial charge is 0.256 e. The van der Waals surface area contributed by atoms with Gasteiger partial charge in [-0.15, -0.1) is 0 Å². The van der Waals surface area contributed by atoms with E-state index in [1.54, 1.807) is 35.2 Å². The van der Waals surface area contributed by atoms with Gasteiger partial charge in [0.15, 0.2) is 0 Å². The average molecular weight is 417 g/mol. The summed E-state index contributed by atoms with van der Waals surface area (Å²) in [5, 5.41) is 3.14. The molecular weight excluding hydrogens is 392 g/mol. The van der Waals surface area contributed by atoms with Gasteiger partial charge in [0.05, 0.1) is 25.5 Å². The number of aromatic amines is 1. The molecule has 0 saturated carbocycles. The number of carbonyl (C=O) groups is 2. The zero-order valence-corrected chi connectivity index (χ0v) is 17.0. The van der Waals surface area contributed by atoms with Crippen molar-refractivity contribution in [3.8, 4) is 5.88 Å². The van der Waals surface area contributed by atoms with E-state index >= 15 is 0 Å². The maximum absolute atomic E-state index is 12.6. The Labute approximate surface area is 174 Å². The summed E-state index contributed by atoms with van der Waals surface area (Å²) in [6.07, 6.45) is 0.773. The van der Waals surface area contributed by atoms with Gasteiger partial charge in [0.1, 0.15) is 10.2 Å². The molecule has 0 spiro atoms. The highest BCUT2D eigenvalue weighted by atomic mass is 32.1. The molecule has 1 aromatic heterocycles. The van der Waals surface area contributed by atoms with Crippen molar-refractivity contribution in [2.45, 2.75) is 13.3 Å². The van der Waals surface area contributed by atoms with Gasteiger partial charge in [0.2, 0.25) is 5.88 Å². The van der Waals surface area contributed by atoms with E-state index in [9.17, 15) is 9.59 Å². The van der Waals surface area contributed by atoms with E-state index in [0.29, 0.717) is 54.5 Å². The van der Waals surface area contributed by atoms with Gasteiger partial charge in [0.25, 0.3) is 11.8 Å². The highest BCUT2D eigenvalue weighted by Gasteiger charge is 2.19. The third-order valence-corrected chi connectivity index (χ3v) is 4.63. The Bertz CT molecular complexity index is 936. The van der Waals surface area contributed by atoms with Gasteiger partial charge < -0.3 is 30.4 Å². The van der Waals surface area contributed by atoms with E-state index in [-0.39, 0.29) is 17.4 Å². The fraction of sp³-hybridized carbons (Fsp3) is 0.350. The van der Waals surface area contributed by atoms with Crippen LogP contribution in [0.3, 0.4) is 0 Å². The van der Waals surface area contributed by atoms with E-state index in [4.69, 9.17) is 27.4 Å². The molecule has 2 aromatic rings. The number of benzene rings is 1. The fourth-order valence-electron chi connectivity index (χ4n) is 2.99. The first kappa shape index (κ1) is 20.8.